The van der Waals surface area contributed by atoms with Crippen molar-refractivity contribution < 1.29 is 14.7 Å². The highest BCUT2D eigenvalue weighted by Crippen LogP contribution is 2.27. The predicted octanol–water partition coefficient (Wildman–Crippen LogP) is 1.17. The molecular formula is C12H16N2O3. The Labute approximate surface area is 99.6 Å². The highest BCUT2D eigenvalue weighted by atomic mass is 16.4. The topological polar surface area (TPSA) is 62.5 Å². The summed E-state index contributed by atoms with van der Waals surface area (Å²) < 4.78 is 2.18. The van der Waals surface area contributed by atoms with E-state index in [4.69, 9.17) is 5.11 Å². The molecule has 2 heterocycles. The molecule has 0 aliphatic carbocycles. The largest absolute Gasteiger partial charge is 0.481 e. The van der Waals surface area contributed by atoms with Crippen LogP contribution in [0.5, 0.6) is 0 Å². The Morgan fingerprint density at radius 2 is 2.12 bits per heavy atom. The van der Waals surface area contributed by atoms with Gasteiger partial charge >= 0.3 is 5.97 Å². The third-order valence-electron chi connectivity index (χ3n) is 3.32. The fourth-order valence-electron chi connectivity index (χ4n) is 2.39. The molecule has 0 radical (unpaired) electrons. The Morgan fingerprint density at radius 1 is 1.41 bits per heavy atom. The van der Waals surface area contributed by atoms with Crippen molar-refractivity contribution in [2.75, 3.05) is 6.54 Å². The Hall–Kier alpha value is -1.78. The van der Waals surface area contributed by atoms with Crippen LogP contribution >= 0.6 is 0 Å². The molecule has 1 N–H and O–H groups in total. The fraction of sp³-hybridized carbons (Fsp3) is 0.500. The molecule has 0 saturated heterocycles. The normalized spacial score (nSPS) is 18.9. The summed E-state index contributed by atoms with van der Waals surface area (Å²) in [6.07, 6.45) is -0.427. The average Bonchev–Trinajstić information content (AvgIpc) is 2.61. The maximum Gasteiger partial charge on any atom is 0.312 e. The first-order valence-electron chi connectivity index (χ1n) is 5.68. The minimum Gasteiger partial charge on any atom is -0.481 e. The molecule has 1 aliphatic rings. The maximum absolute atomic E-state index is 11.8. The zero-order valence-electron chi connectivity index (χ0n) is 10.0. The van der Waals surface area contributed by atoms with Gasteiger partial charge in [-0.05, 0) is 26.0 Å². The van der Waals surface area contributed by atoms with Crippen LogP contribution in [0.1, 0.15) is 30.8 Å². The number of carboxylic acids is 1. The Bertz CT molecular complexity index is 464. The molecular weight excluding hydrogens is 220 g/mol. The minimum atomic E-state index is -1.07. The summed E-state index contributed by atoms with van der Waals surface area (Å²) in [7, 11) is 0. The summed E-state index contributed by atoms with van der Waals surface area (Å²) in [5.74, 6) is -1.38. The molecule has 17 heavy (non-hydrogen) atoms. The molecule has 1 aliphatic heterocycles. The zero-order chi connectivity index (χ0) is 12.6. The Morgan fingerprint density at radius 3 is 2.76 bits per heavy atom. The van der Waals surface area contributed by atoms with Crippen LogP contribution < -0.4 is 0 Å². The van der Waals surface area contributed by atoms with Gasteiger partial charge < -0.3 is 14.6 Å². The van der Waals surface area contributed by atoms with Crippen molar-refractivity contribution in [1.29, 1.82) is 0 Å². The molecule has 1 aromatic rings. The summed E-state index contributed by atoms with van der Waals surface area (Å²) in [6, 6.07) is 3.97. The number of carboxylic acid groups (broad SMARTS) is 1. The van der Waals surface area contributed by atoms with E-state index in [1.807, 2.05) is 26.0 Å². The van der Waals surface area contributed by atoms with Gasteiger partial charge in [0, 0.05) is 24.5 Å². The number of amides is 1. The van der Waals surface area contributed by atoms with Crippen LogP contribution in [0, 0.1) is 6.92 Å². The molecule has 1 aromatic heterocycles. The molecule has 0 fully saturated rings. The summed E-state index contributed by atoms with van der Waals surface area (Å²) in [5, 5.41) is 8.65. The molecule has 0 saturated carbocycles. The van der Waals surface area contributed by atoms with E-state index in [-0.39, 0.29) is 11.9 Å². The molecule has 2 rings (SSSR count). The standard InChI is InChI=1S/C12H16N2O3/c1-8-3-4-10-9(2)14(6-5-13(8)10)11(15)7-12(16)17/h3-4,9H,5-7H2,1-2H3,(H,16,17). The molecule has 0 aromatic carbocycles. The van der Waals surface area contributed by atoms with Crippen LogP contribution in [0.2, 0.25) is 0 Å². The van der Waals surface area contributed by atoms with Crippen molar-refractivity contribution >= 4 is 11.9 Å². The maximum atomic E-state index is 11.8. The van der Waals surface area contributed by atoms with Gasteiger partial charge in [-0.3, -0.25) is 9.59 Å². The van der Waals surface area contributed by atoms with E-state index in [0.29, 0.717) is 6.54 Å². The van der Waals surface area contributed by atoms with E-state index in [1.54, 1.807) is 4.90 Å². The minimum absolute atomic E-state index is 0.0516. The second-order valence-electron chi connectivity index (χ2n) is 4.38. The number of carbonyl (C=O) groups is 2. The number of hydrogen-bond donors (Lipinski definition) is 1. The molecule has 5 nitrogen and oxygen atoms in total. The lowest BCUT2D eigenvalue weighted by atomic mass is 10.1. The first-order valence-corrected chi connectivity index (χ1v) is 5.68. The van der Waals surface area contributed by atoms with Gasteiger partial charge in [-0.25, -0.2) is 0 Å². The Kier molecular flexibility index (Phi) is 2.92. The van der Waals surface area contributed by atoms with Gasteiger partial charge in [0.2, 0.25) is 5.91 Å². The van der Waals surface area contributed by atoms with Crippen LogP contribution in [0.3, 0.4) is 0 Å². The number of nitrogens with zero attached hydrogens (tertiary/aromatic N) is 2. The number of carbonyl (C=O) groups excluding carboxylic acids is 1. The third kappa shape index (κ3) is 2.05. The summed E-state index contributed by atoms with van der Waals surface area (Å²) in [5.41, 5.74) is 2.25. The third-order valence-corrected chi connectivity index (χ3v) is 3.32. The van der Waals surface area contributed by atoms with Crippen molar-refractivity contribution in [3.05, 3.63) is 23.5 Å². The summed E-state index contributed by atoms with van der Waals surface area (Å²) in [4.78, 5) is 24.0. The van der Waals surface area contributed by atoms with E-state index in [1.165, 1.54) is 5.69 Å². The van der Waals surface area contributed by atoms with Crippen LogP contribution in [-0.2, 0) is 16.1 Å². The van der Waals surface area contributed by atoms with Crippen molar-refractivity contribution in [3.63, 3.8) is 0 Å². The number of fused-ring (bicyclic) bond motifs is 1. The highest BCUT2D eigenvalue weighted by molar-refractivity contribution is 5.93. The predicted molar refractivity (Wildman–Crippen MR) is 61.5 cm³/mol. The van der Waals surface area contributed by atoms with Crippen LogP contribution in [0.25, 0.3) is 0 Å². The van der Waals surface area contributed by atoms with Crippen molar-refractivity contribution in [2.45, 2.75) is 32.9 Å². The number of aryl methyl sites for hydroxylation is 1. The first-order chi connectivity index (χ1) is 8.00. The van der Waals surface area contributed by atoms with E-state index in [0.717, 1.165) is 12.2 Å². The summed E-state index contributed by atoms with van der Waals surface area (Å²) >= 11 is 0. The van der Waals surface area contributed by atoms with Gasteiger partial charge in [0.05, 0.1) is 6.04 Å². The van der Waals surface area contributed by atoms with E-state index in [2.05, 4.69) is 4.57 Å². The second kappa shape index (κ2) is 4.24. The lowest BCUT2D eigenvalue weighted by molar-refractivity contribution is -0.145. The van der Waals surface area contributed by atoms with Gasteiger partial charge in [-0.15, -0.1) is 0 Å². The lowest BCUT2D eigenvalue weighted by Gasteiger charge is -2.35. The SMILES string of the molecule is Cc1ccc2n1CCN(C(=O)CC(=O)O)C2C. The number of aliphatic carboxylic acids is 1. The number of hydrogen-bond acceptors (Lipinski definition) is 2. The summed E-state index contributed by atoms with van der Waals surface area (Å²) in [6.45, 7) is 5.29. The van der Waals surface area contributed by atoms with Gasteiger partial charge in [0.1, 0.15) is 6.42 Å². The van der Waals surface area contributed by atoms with E-state index in [9.17, 15) is 9.59 Å². The number of aromatic nitrogens is 1. The smallest absolute Gasteiger partial charge is 0.312 e. The molecule has 0 bridgehead atoms. The molecule has 92 valence electrons. The lowest BCUT2D eigenvalue weighted by Crippen LogP contribution is -2.41. The van der Waals surface area contributed by atoms with E-state index >= 15 is 0 Å². The van der Waals surface area contributed by atoms with Gasteiger partial charge in [0.15, 0.2) is 0 Å². The second-order valence-corrected chi connectivity index (χ2v) is 4.38. The monoisotopic (exact) mass is 236 g/mol. The van der Waals surface area contributed by atoms with Crippen LogP contribution in [0.4, 0.5) is 0 Å². The fourth-order valence-corrected chi connectivity index (χ4v) is 2.39. The average molecular weight is 236 g/mol. The highest BCUT2D eigenvalue weighted by Gasteiger charge is 2.28. The number of rotatable bonds is 2. The van der Waals surface area contributed by atoms with Crippen LogP contribution in [0.15, 0.2) is 12.1 Å². The van der Waals surface area contributed by atoms with Gasteiger partial charge in [0.25, 0.3) is 0 Å². The molecule has 1 unspecified atom stereocenters. The van der Waals surface area contributed by atoms with E-state index < -0.39 is 12.4 Å². The first kappa shape index (κ1) is 11.7. The molecule has 1 amide bonds. The molecule has 5 heteroatoms. The van der Waals surface area contributed by atoms with Gasteiger partial charge in [-0.2, -0.15) is 0 Å². The van der Waals surface area contributed by atoms with Crippen molar-refractivity contribution in [3.8, 4) is 0 Å². The Balaban J connectivity index is 2.20. The van der Waals surface area contributed by atoms with Crippen molar-refractivity contribution in [2.24, 2.45) is 0 Å². The molecule has 0 spiro atoms. The molecule has 1 atom stereocenters. The van der Waals surface area contributed by atoms with Crippen molar-refractivity contribution in [1.82, 2.24) is 9.47 Å². The zero-order valence-corrected chi connectivity index (χ0v) is 10.0. The van der Waals surface area contributed by atoms with Crippen LogP contribution in [-0.4, -0.2) is 33.0 Å². The van der Waals surface area contributed by atoms with Gasteiger partial charge in [-0.1, -0.05) is 0 Å². The quantitative estimate of drug-likeness (QED) is 0.784.